The third kappa shape index (κ3) is 3.32. The normalized spacial score (nSPS) is 20.0. The molecule has 0 radical (unpaired) electrons. The lowest BCUT2D eigenvalue weighted by Gasteiger charge is -2.29. The summed E-state index contributed by atoms with van der Waals surface area (Å²) in [5.41, 5.74) is 3.00. The zero-order valence-corrected chi connectivity index (χ0v) is 15.0. The van der Waals surface area contributed by atoms with E-state index in [9.17, 15) is 4.79 Å². The van der Waals surface area contributed by atoms with Gasteiger partial charge in [0.1, 0.15) is 0 Å². The number of hydrogen-bond donors (Lipinski definition) is 1. The Morgan fingerprint density at radius 2 is 1.85 bits per heavy atom. The maximum Gasteiger partial charge on any atom is 0.252 e. The number of amides is 1. The van der Waals surface area contributed by atoms with Gasteiger partial charge >= 0.3 is 0 Å². The second kappa shape index (κ2) is 7.24. The highest BCUT2D eigenvalue weighted by atomic mass is 16.1. The summed E-state index contributed by atoms with van der Waals surface area (Å²) in [6.07, 6.45) is 6.43. The zero-order valence-electron chi connectivity index (χ0n) is 15.0. The van der Waals surface area contributed by atoms with Gasteiger partial charge in [0, 0.05) is 17.6 Å². The summed E-state index contributed by atoms with van der Waals surface area (Å²) < 4.78 is 0. The average Bonchev–Trinajstić information content (AvgIpc) is 2.69. The minimum atomic E-state index is -0.0143. The van der Waals surface area contributed by atoms with Crippen LogP contribution < -0.4 is 5.32 Å². The van der Waals surface area contributed by atoms with Gasteiger partial charge in [0.15, 0.2) is 0 Å². The van der Waals surface area contributed by atoms with E-state index in [0.717, 1.165) is 28.7 Å². The van der Waals surface area contributed by atoms with Crippen LogP contribution in [-0.2, 0) is 0 Å². The first-order valence-corrected chi connectivity index (χ1v) is 9.34. The average molecular weight is 345 g/mol. The van der Waals surface area contributed by atoms with E-state index >= 15 is 0 Å². The van der Waals surface area contributed by atoms with Crippen LogP contribution >= 0.6 is 0 Å². The summed E-state index contributed by atoms with van der Waals surface area (Å²) in [6.45, 7) is 2.23. The van der Waals surface area contributed by atoms with Crippen LogP contribution in [0.15, 0.2) is 54.7 Å². The summed E-state index contributed by atoms with van der Waals surface area (Å²) in [7, 11) is 0. The molecule has 2 heterocycles. The highest BCUT2D eigenvalue weighted by Gasteiger charge is 2.24. The van der Waals surface area contributed by atoms with Crippen molar-refractivity contribution in [3.05, 3.63) is 60.3 Å². The number of nitrogens with zero attached hydrogens (tertiary/aromatic N) is 2. The monoisotopic (exact) mass is 345 g/mol. The molecular weight excluding hydrogens is 322 g/mol. The lowest BCUT2D eigenvalue weighted by Crippen LogP contribution is -2.41. The van der Waals surface area contributed by atoms with Crippen LogP contribution in [0.1, 0.15) is 43.0 Å². The molecule has 4 heteroatoms. The number of nitrogens with one attached hydrogen (secondary N) is 1. The van der Waals surface area contributed by atoms with E-state index < -0.39 is 0 Å². The number of para-hydroxylation sites is 1. The van der Waals surface area contributed by atoms with Gasteiger partial charge in [-0.1, -0.05) is 44.0 Å². The van der Waals surface area contributed by atoms with Gasteiger partial charge in [0.05, 0.1) is 22.5 Å². The smallest absolute Gasteiger partial charge is 0.252 e. The Bertz CT molecular complexity index is 923. The zero-order chi connectivity index (χ0) is 17.9. The molecule has 1 amide bonds. The highest BCUT2D eigenvalue weighted by Crippen LogP contribution is 2.26. The number of carbonyl (C=O) groups is 1. The quantitative estimate of drug-likeness (QED) is 0.754. The Hall–Kier alpha value is -2.75. The van der Waals surface area contributed by atoms with E-state index in [2.05, 4.69) is 17.2 Å². The van der Waals surface area contributed by atoms with Crippen LogP contribution in [0.2, 0.25) is 0 Å². The first-order chi connectivity index (χ1) is 12.7. The lowest BCUT2D eigenvalue weighted by atomic mass is 9.86. The number of rotatable bonds is 3. The van der Waals surface area contributed by atoms with Crippen molar-refractivity contribution in [1.29, 1.82) is 0 Å². The molecule has 2 unspecified atom stereocenters. The van der Waals surface area contributed by atoms with E-state index in [1.165, 1.54) is 19.3 Å². The van der Waals surface area contributed by atoms with Gasteiger partial charge in [-0.25, -0.2) is 4.98 Å². The van der Waals surface area contributed by atoms with E-state index in [0.29, 0.717) is 11.5 Å². The van der Waals surface area contributed by atoms with Gasteiger partial charge < -0.3 is 5.32 Å². The molecule has 26 heavy (non-hydrogen) atoms. The van der Waals surface area contributed by atoms with Crippen molar-refractivity contribution in [2.75, 3.05) is 0 Å². The molecule has 3 aromatic rings. The highest BCUT2D eigenvalue weighted by molar-refractivity contribution is 6.07. The summed E-state index contributed by atoms with van der Waals surface area (Å²) in [6, 6.07) is 15.7. The molecule has 132 valence electrons. The molecule has 1 aliphatic carbocycles. The largest absolute Gasteiger partial charge is 0.349 e. The Morgan fingerprint density at radius 3 is 2.65 bits per heavy atom. The molecule has 1 aliphatic rings. The van der Waals surface area contributed by atoms with E-state index in [4.69, 9.17) is 4.98 Å². The van der Waals surface area contributed by atoms with Crippen molar-refractivity contribution >= 4 is 16.8 Å². The van der Waals surface area contributed by atoms with Gasteiger partial charge in [-0.15, -0.1) is 0 Å². The molecule has 0 bridgehead atoms. The Balaban J connectivity index is 1.74. The number of aromatic nitrogens is 2. The minimum absolute atomic E-state index is 0.0143. The van der Waals surface area contributed by atoms with Crippen molar-refractivity contribution in [1.82, 2.24) is 15.3 Å². The number of hydrogen-bond acceptors (Lipinski definition) is 3. The third-order valence-corrected chi connectivity index (χ3v) is 5.32. The van der Waals surface area contributed by atoms with Crippen LogP contribution in [0, 0.1) is 5.92 Å². The molecule has 1 aromatic carbocycles. The predicted molar refractivity (Wildman–Crippen MR) is 104 cm³/mol. The molecule has 1 saturated carbocycles. The SMILES string of the molecule is CC1CCCCC1NC(=O)c1cc(-c2ccccn2)nc2ccccc12. The molecule has 1 fully saturated rings. The first-order valence-electron chi connectivity index (χ1n) is 9.34. The van der Waals surface area contributed by atoms with Crippen LogP contribution in [0.5, 0.6) is 0 Å². The molecule has 1 N–H and O–H groups in total. The summed E-state index contributed by atoms with van der Waals surface area (Å²) >= 11 is 0. The number of pyridine rings is 2. The standard InChI is InChI=1S/C22H23N3O/c1-15-8-2-4-10-18(15)25-22(26)17-14-21(20-12-6-7-13-23-20)24-19-11-5-3-9-16(17)19/h3,5-7,9,11-15,18H,2,4,8,10H2,1H3,(H,25,26). The maximum atomic E-state index is 13.1. The van der Waals surface area contributed by atoms with E-state index in [1.807, 2.05) is 48.5 Å². The lowest BCUT2D eigenvalue weighted by molar-refractivity contribution is 0.0912. The van der Waals surface area contributed by atoms with Gasteiger partial charge in [0.25, 0.3) is 5.91 Å². The van der Waals surface area contributed by atoms with E-state index in [1.54, 1.807) is 6.20 Å². The fraction of sp³-hybridized carbons (Fsp3) is 0.318. The topological polar surface area (TPSA) is 54.9 Å². The molecular formula is C22H23N3O. The predicted octanol–water partition coefficient (Wildman–Crippen LogP) is 4.61. The molecule has 4 nitrogen and oxygen atoms in total. The third-order valence-electron chi connectivity index (χ3n) is 5.32. The molecule has 4 rings (SSSR count). The minimum Gasteiger partial charge on any atom is -0.349 e. The second-order valence-electron chi connectivity index (χ2n) is 7.13. The Kier molecular flexibility index (Phi) is 4.65. The van der Waals surface area contributed by atoms with Gasteiger partial charge in [-0.05, 0) is 43.0 Å². The maximum absolute atomic E-state index is 13.1. The van der Waals surface area contributed by atoms with Crippen LogP contribution in [0.4, 0.5) is 0 Å². The molecule has 0 saturated heterocycles. The summed E-state index contributed by atoms with van der Waals surface area (Å²) in [5.74, 6) is 0.510. The number of benzene rings is 1. The molecule has 2 aromatic heterocycles. The molecule has 0 spiro atoms. The fourth-order valence-corrected chi connectivity index (χ4v) is 3.79. The fourth-order valence-electron chi connectivity index (χ4n) is 3.79. The van der Waals surface area contributed by atoms with Gasteiger partial charge in [-0.3, -0.25) is 9.78 Å². The van der Waals surface area contributed by atoms with Crippen molar-refractivity contribution < 1.29 is 4.79 Å². The van der Waals surface area contributed by atoms with Crippen molar-refractivity contribution in [2.45, 2.75) is 38.6 Å². The second-order valence-corrected chi connectivity index (χ2v) is 7.13. The van der Waals surface area contributed by atoms with Gasteiger partial charge in [0.2, 0.25) is 0 Å². The van der Waals surface area contributed by atoms with E-state index in [-0.39, 0.29) is 11.9 Å². The van der Waals surface area contributed by atoms with Crippen LogP contribution in [0.3, 0.4) is 0 Å². The summed E-state index contributed by atoms with van der Waals surface area (Å²) in [4.78, 5) is 22.2. The van der Waals surface area contributed by atoms with Crippen molar-refractivity contribution in [3.63, 3.8) is 0 Å². The first kappa shape index (κ1) is 16.7. The summed E-state index contributed by atoms with van der Waals surface area (Å²) in [5, 5.41) is 4.15. The Morgan fingerprint density at radius 1 is 1.04 bits per heavy atom. The molecule has 2 atom stereocenters. The van der Waals surface area contributed by atoms with Crippen LogP contribution in [0.25, 0.3) is 22.3 Å². The Labute approximate surface area is 153 Å². The van der Waals surface area contributed by atoms with Crippen LogP contribution in [-0.4, -0.2) is 21.9 Å². The van der Waals surface area contributed by atoms with Crippen molar-refractivity contribution in [3.8, 4) is 11.4 Å². The number of fused-ring (bicyclic) bond motifs is 1. The molecule has 0 aliphatic heterocycles. The van der Waals surface area contributed by atoms with Crippen molar-refractivity contribution in [2.24, 2.45) is 5.92 Å². The van der Waals surface area contributed by atoms with Gasteiger partial charge in [-0.2, -0.15) is 0 Å². The number of carbonyl (C=O) groups excluding carboxylic acids is 1.